The molecule has 0 saturated heterocycles. The first-order valence-corrected chi connectivity index (χ1v) is 5.62. The number of anilines is 1. The Kier molecular flexibility index (Phi) is 3.28. The molecule has 1 amide bonds. The summed E-state index contributed by atoms with van der Waals surface area (Å²) in [6.45, 7) is 0. The fourth-order valence-corrected chi connectivity index (χ4v) is 2.20. The Labute approximate surface area is 98.6 Å². The molecule has 0 radical (unpaired) electrons. The van der Waals surface area contributed by atoms with Crippen molar-refractivity contribution in [2.45, 2.75) is 31.4 Å². The predicted octanol–water partition coefficient (Wildman–Crippen LogP) is 1.25. The molecule has 1 aliphatic carbocycles. The van der Waals surface area contributed by atoms with Crippen LogP contribution in [0.3, 0.4) is 0 Å². The van der Waals surface area contributed by atoms with Crippen molar-refractivity contribution >= 4 is 11.6 Å². The van der Waals surface area contributed by atoms with Gasteiger partial charge in [-0.25, -0.2) is 4.39 Å². The first-order chi connectivity index (χ1) is 8.09. The zero-order valence-electron chi connectivity index (χ0n) is 9.32. The quantitative estimate of drug-likeness (QED) is 0.741. The van der Waals surface area contributed by atoms with Gasteiger partial charge < -0.3 is 16.2 Å². The summed E-state index contributed by atoms with van der Waals surface area (Å²) in [6, 6.07) is 4.14. The van der Waals surface area contributed by atoms with E-state index in [2.05, 4.69) is 5.32 Å². The molecule has 0 aromatic heterocycles. The second-order valence-corrected chi connectivity index (χ2v) is 4.28. The Hall–Kier alpha value is -1.62. The van der Waals surface area contributed by atoms with Gasteiger partial charge in [-0.2, -0.15) is 0 Å². The largest absolute Gasteiger partial charge is 0.391 e. The summed E-state index contributed by atoms with van der Waals surface area (Å²) in [6.07, 6.45) is 1.98. The highest BCUT2D eigenvalue weighted by Crippen LogP contribution is 2.25. The van der Waals surface area contributed by atoms with E-state index >= 15 is 0 Å². The lowest BCUT2D eigenvalue weighted by Crippen LogP contribution is -2.29. The topological polar surface area (TPSA) is 75.4 Å². The number of amides is 1. The molecule has 1 aromatic carbocycles. The van der Waals surface area contributed by atoms with Crippen LogP contribution < -0.4 is 11.1 Å². The van der Waals surface area contributed by atoms with Gasteiger partial charge in [-0.3, -0.25) is 4.79 Å². The highest BCUT2D eigenvalue weighted by atomic mass is 19.1. The number of carbonyl (C=O) groups is 1. The average Bonchev–Trinajstić information content (AvgIpc) is 2.64. The van der Waals surface area contributed by atoms with Crippen molar-refractivity contribution in [3.05, 3.63) is 29.6 Å². The third-order valence-corrected chi connectivity index (χ3v) is 3.08. The van der Waals surface area contributed by atoms with Crippen molar-refractivity contribution in [1.82, 2.24) is 0 Å². The molecule has 1 aromatic rings. The monoisotopic (exact) mass is 238 g/mol. The Morgan fingerprint density at radius 1 is 1.47 bits per heavy atom. The smallest absolute Gasteiger partial charge is 0.253 e. The molecule has 2 atom stereocenters. The lowest BCUT2D eigenvalue weighted by atomic mass is 10.1. The zero-order valence-corrected chi connectivity index (χ0v) is 9.32. The molecule has 0 unspecified atom stereocenters. The molecule has 0 bridgehead atoms. The lowest BCUT2D eigenvalue weighted by Gasteiger charge is -2.19. The van der Waals surface area contributed by atoms with Gasteiger partial charge in [-0.1, -0.05) is 6.07 Å². The highest BCUT2D eigenvalue weighted by molar-refractivity contribution is 5.98. The van der Waals surface area contributed by atoms with Crippen LogP contribution in [0.15, 0.2) is 18.2 Å². The number of aliphatic hydroxyl groups excluding tert-OH is 1. The summed E-state index contributed by atoms with van der Waals surface area (Å²) >= 11 is 0. The molecule has 4 nitrogen and oxygen atoms in total. The molecule has 1 fully saturated rings. The molecule has 4 N–H and O–H groups in total. The second-order valence-electron chi connectivity index (χ2n) is 4.28. The molecular formula is C12H15FN2O2. The third-order valence-electron chi connectivity index (χ3n) is 3.08. The van der Waals surface area contributed by atoms with Gasteiger partial charge in [0.2, 0.25) is 0 Å². The van der Waals surface area contributed by atoms with E-state index < -0.39 is 17.8 Å². The summed E-state index contributed by atoms with van der Waals surface area (Å²) in [5, 5.41) is 12.7. The van der Waals surface area contributed by atoms with Crippen LogP contribution in [0, 0.1) is 5.82 Å². The van der Waals surface area contributed by atoms with Gasteiger partial charge in [0.1, 0.15) is 5.82 Å². The van der Waals surface area contributed by atoms with Gasteiger partial charge in [0.15, 0.2) is 0 Å². The molecule has 0 heterocycles. The minimum Gasteiger partial charge on any atom is -0.391 e. The van der Waals surface area contributed by atoms with Crippen LogP contribution in [0.4, 0.5) is 10.1 Å². The minimum atomic E-state index is -0.807. The Balaban J connectivity index is 2.26. The van der Waals surface area contributed by atoms with E-state index in [1.807, 2.05) is 0 Å². The van der Waals surface area contributed by atoms with Crippen LogP contribution in [0.1, 0.15) is 29.6 Å². The van der Waals surface area contributed by atoms with Gasteiger partial charge in [0, 0.05) is 0 Å². The Morgan fingerprint density at radius 3 is 2.82 bits per heavy atom. The van der Waals surface area contributed by atoms with Crippen LogP contribution in [0.25, 0.3) is 0 Å². The number of hydrogen-bond acceptors (Lipinski definition) is 3. The molecule has 0 aliphatic heterocycles. The summed E-state index contributed by atoms with van der Waals surface area (Å²) in [7, 11) is 0. The van der Waals surface area contributed by atoms with Crippen LogP contribution in [0.5, 0.6) is 0 Å². The fourth-order valence-electron chi connectivity index (χ4n) is 2.20. The molecule has 92 valence electrons. The van der Waals surface area contributed by atoms with Crippen LogP contribution in [-0.4, -0.2) is 23.2 Å². The van der Waals surface area contributed by atoms with Gasteiger partial charge in [0.05, 0.1) is 23.4 Å². The van der Waals surface area contributed by atoms with Crippen molar-refractivity contribution in [3.8, 4) is 0 Å². The van der Waals surface area contributed by atoms with E-state index in [-0.39, 0.29) is 11.6 Å². The number of halogens is 1. The molecule has 2 rings (SSSR count). The summed E-state index contributed by atoms with van der Waals surface area (Å²) in [5.74, 6) is -1.45. The van der Waals surface area contributed by atoms with E-state index in [4.69, 9.17) is 5.73 Å². The van der Waals surface area contributed by atoms with Crippen molar-refractivity contribution in [3.63, 3.8) is 0 Å². The fraction of sp³-hybridized carbons (Fsp3) is 0.417. The first kappa shape index (κ1) is 11.9. The predicted molar refractivity (Wildman–Crippen MR) is 62.2 cm³/mol. The average molecular weight is 238 g/mol. The maximum Gasteiger partial charge on any atom is 0.253 e. The Bertz CT molecular complexity index is 437. The SMILES string of the molecule is NC(=O)c1c(F)cccc1N[C@H]1CCC[C@@H]1O. The number of rotatable bonds is 3. The van der Waals surface area contributed by atoms with Gasteiger partial charge in [-0.05, 0) is 31.4 Å². The number of nitrogens with two attached hydrogens (primary N) is 1. The molecule has 0 spiro atoms. The van der Waals surface area contributed by atoms with Gasteiger partial charge in [-0.15, -0.1) is 0 Å². The summed E-state index contributed by atoms with van der Waals surface area (Å²) in [5.41, 5.74) is 5.35. The number of hydrogen-bond donors (Lipinski definition) is 3. The highest BCUT2D eigenvalue weighted by Gasteiger charge is 2.26. The van der Waals surface area contributed by atoms with Crippen LogP contribution in [0.2, 0.25) is 0 Å². The maximum absolute atomic E-state index is 13.5. The van der Waals surface area contributed by atoms with E-state index in [1.165, 1.54) is 12.1 Å². The van der Waals surface area contributed by atoms with Crippen molar-refractivity contribution in [2.24, 2.45) is 5.73 Å². The molecule has 5 heteroatoms. The summed E-state index contributed by atoms with van der Waals surface area (Å²) in [4.78, 5) is 11.2. The van der Waals surface area contributed by atoms with E-state index in [9.17, 15) is 14.3 Å². The standard InChI is InChI=1S/C12H15FN2O2/c13-7-3-1-5-9(11(7)12(14)17)15-8-4-2-6-10(8)16/h1,3,5,8,10,15-16H,2,4,6H2,(H2,14,17)/t8-,10-/m0/s1. The number of primary amides is 1. The molecular weight excluding hydrogens is 223 g/mol. The van der Waals surface area contributed by atoms with Crippen molar-refractivity contribution < 1.29 is 14.3 Å². The van der Waals surface area contributed by atoms with Crippen LogP contribution >= 0.6 is 0 Å². The zero-order chi connectivity index (χ0) is 12.4. The molecule has 17 heavy (non-hydrogen) atoms. The molecule has 1 aliphatic rings. The Morgan fingerprint density at radius 2 is 2.24 bits per heavy atom. The number of nitrogens with one attached hydrogen (secondary N) is 1. The second kappa shape index (κ2) is 4.71. The van der Waals surface area contributed by atoms with Crippen molar-refractivity contribution in [2.75, 3.05) is 5.32 Å². The number of carbonyl (C=O) groups excluding carboxylic acids is 1. The van der Waals surface area contributed by atoms with E-state index in [1.54, 1.807) is 6.07 Å². The normalized spacial score (nSPS) is 23.6. The lowest BCUT2D eigenvalue weighted by molar-refractivity contribution is 0.0997. The third kappa shape index (κ3) is 2.39. The number of benzene rings is 1. The number of aliphatic hydroxyl groups is 1. The van der Waals surface area contributed by atoms with Crippen LogP contribution in [-0.2, 0) is 0 Å². The summed E-state index contributed by atoms with van der Waals surface area (Å²) < 4.78 is 13.5. The maximum atomic E-state index is 13.5. The molecule has 1 saturated carbocycles. The first-order valence-electron chi connectivity index (χ1n) is 5.62. The van der Waals surface area contributed by atoms with Crippen molar-refractivity contribution in [1.29, 1.82) is 0 Å². The van der Waals surface area contributed by atoms with E-state index in [0.29, 0.717) is 5.69 Å². The minimum absolute atomic E-state index is 0.144. The van der Waals surface area contributed by atoms with E-state index in [0.717, 1.165) is 19.3 Å². The van der Waals surface area contributed by atoms with Gasteiger partial charge >= 0.3 is 0 Å². The van der Waals surface area contributed by atoms with Gasteiger partial charge in [0.25, 0.3) is 5.91 Å².